The van der Waals surface area contributed by atoms with E-state index in [1.807, 2.05) is 0 Å². The van der Waals surface area contributed by atoms with Gasteiger partial charge in [-0.05, 0) is 55.1 Å². The van der Waals surface area contributed by atoms with E-state index in [2.05, 4.69) is 0 Å². The van der Waals surface area contributed by atoms with Crippen molar-refractivity contribution in [1.29, 1.82) is 0 Å². The van der Waals surface area contributed by atoms with E-state index in [1.54, 1.807) is 4.90 Å². The van der Waals surface area contributed by atoms with Gasteiger partial charge in [0.25, 0.3) is 5.91 Å². The number of methoxy groups -OCH3 is 1. The van der Waals surface area contributed by atoms with Gasteiger partial charge in [0.15, 0.2) is 11.6 Å². The van der Waals surface area contributed by atoms with Crippen molar-refractivity contribution in [3.63, 3.8) is 0 Å². The van der Waals surface area contributed by atoms with Gasteiger partial charge in [-0.15, -0.1) is 0 Å². The first-order valence-electron chi connectivity index (χ1n) is 7.91. The van der Waals surface area contributed by atoms with Crippen LogP contribution < -0.4 is 4.74 Å². The summed E-state index contributed by atoms with van der Waals surface area (Å²) in [5.74, 6) is 0.0642. The minimum Gasteiger partial charge on any atom is -0.496 e. The molecule has 1 aromatic rings. The number of amides is 1. The summed E-state index contributed by atoms with van der Waals surface area (Å²) in [5.41, 5.74) is -0.269. The molecule has 1 aliphatic heterocycles. The minimum atomic E-state index is -1.11. The SMILES string of the molecule is COc1ccc(F)c(F)c1C(=O)N1C[C@@H]2[C@@H]3CC[C@@H](C3)[C@@H]2C1. The van der Waals surface area contributed by atoms with Crippen LogP contribution >= 0.6 is 0 Å². The van der Waals surface area contributed by atoms with Crippen molar-refractivity contribution in [3.8, 4) is 5.75 Å². The number of hydrogen-bond donors (Lipinski definition) is 0. The van der Waals surface area contributed by atoms with Gasteiger partial charge in [0.2, 0.25) is 0 Å². The molecule has 0 aromatic heterocycles. The predicted molar refractivity (Wildman–Crippen MR) is 76.6 cm³/mol. The average molecular weight is 307 g/mol. The lowest BCUT2D eigenvalue weighted by molar-refractivity contribution is 0.0766. The van der Waals surface area contributed by atoms with Crippen molar-refractivity contribution in [3.05, 3.63) is 29.3 Å². The third-order valence-electron chi connectivity index (χ3n) is 5.91. The van der Waals surface area contributed by atoms with E-state index >= 15 is 0 Å². The van der Waals surface area contributed by atoms with E-state index in [9.17, 15) is 13.6 Å². The molecule has 1 saturated heterocycles. The zero-order valence-electron chi connectivity index (χ0n) is 12.5. The second-order valence-corrected chi connectivity index (χ2v) is 6.81. The van der Waals surface area contributed by atoms with Crippen LogP contribution in [0.25, 0.3) is 0 Å². The molecule has 0 N–H and O–H groups in total. The van der Waals surface area contributed by atoms with E-state index < -0.39 is 17.5 Å². The highest BCUT2D eigenvalue weighted by atomic mass is 19.2. The fourth-order valence-corrected chi connectivity index (χ4v) is 4.91. The Morgan fingerprint density at radius 2 is 1.82 bits per heavy atom. The number of nitrogens with zero attached hydrogens (tertiary/aromatic N) is 1. The summed E-state index contributed by atoms with van der Waals surface area (Å²) in [6, 6.07) is 2.30. The normalized spacial score (nSPS) is 32.4. The number of ether oxygens (including phenoxy) is 1. The first kappa shape index (κ1) is 14.0. The molecule has 0 radical (unpaired) electrons. The molecule has 118 valence electrons. The van der Waals surface area contributed by atoms with Gasteiger partial charge in [-0.2, -0.15) is 0 Å². The summed E-state index contributed by atoms with van der Waals surface area (Å²) in [4.78, 5) is 14.4. The quantitative estimate of drug-likeness (QED) is 0.840. The van der Waals surface area contributed by atoms with E-state index in [0.717, 1.165) is 6.07 Å². The topological polar surface area (TPSA) is 29.5 Å². The lowest BCUT2D eigenvalue weighted by atomic mass is 9.82. The zero-order chi connectivity index (χ0) is 15.4. The number of carbonyl (C=O) groups excluding carboxylic acids is 1. The highest BCUT2D eigenvalue weighted by Gasteiger charge is 2.52. The van der Waals surface area contributed by atoms with Crippen molar-refractivity contribution >= 4 is 5.91 Å². The maximum absolute atomic E-state index is 14.1. The molecule has 2 aliphatic carbocycles. The molecule has 2 bridgehead atoms. The molecule has 1 amide bonds. The largest absolute Gasteiger partial charge is 0.496 e. The smallest absolute Gasteiger partial charge is 0.260 e. The summed E-state index contributed by atoms with van der Waals surface area (Å²) in [6.45, 7) is 1.34. The second kappa shape index (κ2) is 4.93. The lowest BCUT2D eigenvalue weighted by Gasteiger charge is -2.22. The minimum absolute atomic E-state index is 0.101. The van der Waals surface area contributed by atoms with Crippen molar-refractivity contribution in [2.24, 2.45) is 23.7 Å². The number of likely N-dealkylation sites (tertiary alicyclic amines) is 1. The van der Waals surface area contributed by atoms with Crippen molar-refractivity contribution in [1.82, 2.24) is 4.90 Å². The van der Waals surface area contributed by atoms with E-state index in [-0.39, 0.29) is 11.3 Å². The predicted octanol–water partition coefficient (Wildman–Crippen LogP) is 3.09. The van der Waals surface area contributed by atoms with Crippen LogP contribution in [0.4, 0.5) is 8.78 Å². The monoisotopic (exact) mass is 307 g/mol. The van der Waals surface area contributed by atoms with Crippen LogP contribution in [0.2, 0.25) is 0 Å². The Labute approximate surface area is 128 Å². The number of rotatable bonds is 2. The number of carbonyl (C=O) groups is 1. The summed E-state index contributed by atoms with van der Waals surface area (Å²) < 4.78 is 32.7. The van der Waals surface area contributed by atoms with Crippen molar-refractivity contribution in [2.75, 3.05) is 20.2 Å². The van der Waals surface area contributed by atoms with Crippen LogP contribution in [0.1, 0.15) is 29.6 Å². The fraction of sp³-hybridized carbons (Fsp3) is 0.588. The Bertz CT molecular complexity index is 615. The van der Waals surface area contributed by atoms with Crippen molar-refractivity contribution in [2.45, 2.75) is 19.3 Å². The molecule has 5 heteroatoms. The Kier molecular flexibility index (Phi) is 3.13. The molecule has 3 aliphatic rings. The molecule has 4 rings (SSSR count). The Hall–Kier alpha value is -1.65. The van der Waals surface area contributed by atoms with Gasteiger partial charge < -0.3 is 9.64 Å². The van der Waals surface area contributed by atoms with Gasteiger partial charge in [0, 0.05) is 13.1 Å². The molecular weight excluding hydrogens is 288 g/mol. The van der Waals surface area contributed by atoms with Gasteiger partial charge in [0.05, 0.1) is 7.11 Å². The second-order valence-electron chi connectivity index (χ2n) is 6.81. The van der Waals surface area contributed by atoms with Crippen molar-refractivity contribution < 1.29 is 18.3 Å². The third-order valence-corrected chi connectivity index (χ3v) is 5.91. The van der Waals surface area contributed by atoms with Gasteiger partial charge >= 0.3 is 0 Å². The molecule has 0 unspecified atom stereocenters. The van der Waals surface area contributed by atoms with Gasteiger partial charge in [-0.3, -0.25) is 4.79 Å². The van der Waals surface area contributed by atoms with Crippen LogP contribution in [-0.2, 0) is 0 Å². The first-order chi connectivity index (χ1) is 10.6. The maximum atomic E-state index is 14.1. The van der Waals surface area contributed by atoms with E-state index in [1.165, 1.54) is 32.4 Å². The first-order valence-corrected chi connectivity index (χ1v) is 7.91. The van der Waals surface area contributed by atoms with E-state index in [0.29, 0.717) is 36.8 Å². The molecule has 22 heavy (non-hydrogen) atoms. The molecule has 2 saturated carbocycles. The van der Waals surface area contributed by atoms with Crippen LogP contribution in [0.5, 0.6) is 5.75 Å². The molecule has 4 atom stereocenters. The molecule has 3 nitrogen and oxygen atoms in total. The molecular formula is C17H19F2NO2. The number of benzene rings is 1. The summed E-state index contributed by atoms with van der Waals surface area (Å²) >= 11 is 0. The number of halogens is 2. The maximum Gasteiger partial charge on any atom is 0.260 e. The molecule has 1 aromatic carbocycles. The van der Waals surface area contributed by atoms with Crippen LogP contribution in [0.15, 0.2) is 12.1 Å². The zero-order valence-corrected chi connectivity index (χ0v) is 12.5. The highest BCUT2D eigenvalue weighted by molar-refractivity contribution is 5.97. The summed E-state index contributed by atoms with van der Waals surface area (Å²) in [7, 11) is 1.36. The Balaban J connectivity index is 1.62. The molecule has 3 fully saturated rings. The standard InChI is InChI=1S/C17H19F2NO2/c1-22-14-5-4-13(18)16(19)15(14)17(21)20-7-11-9-2-3-10(6-9)12(11)8-20/h4-5,9-12H,2-3,6-8H2,1H3/t9-,10+,11-,12+. The molecule has 1 heterocycles. The van der Waals surface area contributed by atoms with Crippen LogP contribution in [0.3, 0.4) is 0 Å². The van der Waals surface area contributed by atoms with Gasteiger partial charge in [-0.25, -0.2) is 8.78 Å². The number of hydrogen-bond acceptors (Lipinski definition) is 2. The third kappa shape index (κ3) is 1.87. The Morgan fingerprint density at radius 1 is 1.18 bits per heavy atom. The Morgan fingerprint density at radius 3 is 2.41 bits per heavy atom. The van der Waals surface area contributed by atoms with Crippen LogP contribution in [0, 0.1) is 35.3 Å². The number of fused-ring (bicyclic) bond motifs is 5. The van der Waals surface area contributed by atoms with Gasteiger partial charge in [-0.1, -0.05) is 0 Å². The summed E-state index contributed by atoms with van der Waals surface area (Å²) in [6.07, 6.45) is 3.80. The fourth-order valence-electron chi connectivity index (χ4n) is 4.91. The van der Waals surface area contributed by atoms with E-state index in [4.69, 9.17) is 4.74 Å². The van der Waals surface area contributed by atoms with Gasteiger partial charge in [0.1, 0.15) is 11.3 Å². The summed E-state index contributed by atoms with van der Waals surface area (Å²) in [5, 5.41) is 0. The molecule has 0 spiro atoms. The lowest BCUT2D eigenvalue weighted by Crippen LogP contribution is -2.31. The average Bonchev–Trinajstić information content (AvgIpc) is 3.21. The highest BCUT2D eigenvalue weighted by Crippen LogP contribution is 2.55. The van der Waals surface area contributed by atoms with Crippen LogP contribution in [-0.4, -0.2) is 31.0 Å².